The van der Waals surface area contributed by atoms with Gasteiger partial charge >= 0.3 is 0 Å². The van der Waals surface area contributed by atoms with Crippen molar-refractivity contribution in [2.45, 2.75) is 27.3 Å². The summed E-state index contributed by atoms with van der Waals surface area (Å²) in [4.78, 5) is 0. The quantitative estimate of drug-likeness (QED) is 0.554. The predicted octanol–water partition coefficient (Wildman–Crippen LogP) is 2.56. The number of aromatic nitrogens is 2. The molecule has 16 heavy (non-hydrogen) atoms. The molecule has 0 saturated carbocycles. The zero-order valence-corrected chi connectivity index (χ0v) is 16.5. The Balaban J connectivity index is 0.000000406. The molecule has 0 amide bonds. The molecule has 0 fully saturated rings. The second-order valence-corrected chi connectivity index (χ2v) is 3.26. The molecule has 1 aliphatic rings. The van der Waals surface area contributed by atoms with E-state index in [1.165, 1.54) is 0 Å². The Morgan fingerprint density at radius 2 is 2.19 bits per heavy atom. The summed E-state index contributed by atoms with van der Waals surface area (Å²) < 4.78 is 7.51. The number of aryl methyl sites for hydroxylation is 1. The monoisotopic (exact) mass is 470 g/mol. The van der Waals surface area contributed by atoms with Gasteiger partial charge in [-0.1, -0.05) is 26.2 Å². The van der Waals surface area contributed by atoms with E-state index in [1.807, 2.05) is 37.7 Å². The molecule has 1 aliphatic heterocycles. The van der Waals surface area contributed by atoms with Crippen LogP contribution in [0.4, 0.5) is 0 Å². The molecule has 0 saturated heterocycles. The summed E-state index contributed by atoms with van der Waals surface area (Å²) in [6.45, 7) is 7.60. The number of hydrogen-bond donors (Lipinski definition) is 0. The van der Waals surface area contributed by atoms with E-state index in [0.717, 1.165) is 28.8 Å². The minimum Gasteiger partial charge on any atom is -0.547 e. The van der Waals surface area contributed by atoms with Crippen LogP contribution in [0.3, 0.4) is 0 Å². The van der Waals surface area contributed by atoms with Crippen molar-refractivity contribution < 1.29 is 4.74 Å². The molecule has 4 heteroatoms. The van der Waals surface area contributed by atoms with Gasteiger partial charge in [0.1, 0.15) is 0 Å². The van der Waals surface area contributed by atoms with E-state index in [-0.39, 0.29) is 0 Å². The molecule has 3 rings (SSSR count). The van der Waals surface area contributed by atoms with Gasteiger partial charge in [0.25, 0.3) is 0 Å². The van der Waals surface area contributed by atoms with Crippen molar-refractivity contribution in [3.05, 3.63) is 23.9 Å². The number of ether oxygens (including phenoxy) is 1. The molecule has 0 unspecified atom stereocenters. The summed E-state index contributed by atoms with van der Waals surface area (Å²) in [5.41, 5.74) is 2.25. The standard InChI is InChI=1S/C10H9N2O.C2H6.Rf/c1-7-2-3-9-10-8(7)6-11-12(10)4-5-13-9;1-2;/h3,6H,4-5H2,1H3;1-2H3;/q-1;;. The van der Waals surface area contributed by atoms with E-state index in [2.05, 4.69) is 11.2 Å². The first-order valence-corrected chi connectivity index (χ1v) is 5.36. The number of hydrogen-bond acceptors (Lipinski definition) is 2. The second-order valence-electron chi connectivity index (χ2n) is 3.26. The third-order valence-electron chi connectivity index (χ3n) is 2.46. The Labute approximate surface area is 89.7 Å². The maximum atomic E-state index is 5.52. The van der Waals surface area contributed by atoms with Crippen molar-refractivity contribution in [2.24, 2.45) is 0 Å². The van der Waals surface area contributed by atoms with Crippen molar-refractivity contribution in [1.82, 2.24) is 9.78 Å². The van der Waals surface area contributed by atoms with Crippen LogP contribution in [0.25, 0.3) is 10.9 Å². The first-order valence-electron chi connectivity index (χ1n) is 5.36. The molecule has 82 valence electrons. The van der Waals surface area contributed by atoms with E-state index in [9.17, 15) is 0 Å². The summed E-state index contributed by atoms with van der Waals surface area (Å²) in [6, 6.07) is 5.06. The summed E-state index contributed by atoms with van der Waals surface area (Å²) in [5, 5.41) is 5.45. The van der Waals surface area contributed by atoms with Crippen molar-refractivity contribution in [2.75, 3.05) is 6.61 Å². The molecule has 0 aliphatic carbocycles. The normalized spacial score (nSPS) is 12.2. The van der Waals surface area contributed by atoms with Gasteiger partial charge in [-0.05, 0) is 0 Å². The minimum atomic E-state index is 0. The van der Waals surface area contributed by atoms with Crippen molar-refractivity contribution in [1.29, 1.82) is 0 Å². The second kappa shape index (κ2) is 4.34. The van der Waals surface area contributed by atoms with Crippen molar-refractivity contribution >= 4 is 10.9 Å². The van der Waals surface area contributed by atoms with E-state index in [4.69, 9.17) is 4.74 Å². The average molecular weight is 470 g/mol. The van der Waals surface area contributed by atoms with Crippen LogP contribution in [0, 0.1) is 13.0 Å². The maximum absolute atomic E-state index is 5.52. The van der Waals surface area contributed by atoms with Gasteiger partial charge in [0.2, 0.25) is 0 Å². The SMILES string of the molecule is CC.Cc1[c-]cc2c3c1cnn3CCO2.[Rf]. The van der Waals surface area contributed by atoms with Crippen LogP contribution in [0.1, 0.15) is 19.4 Å². The topological polar surface area (TPSA) is 27.1 Å². The Bertz CT molecular complexity index is 479. The molecule has 2 aromatic rings. The molecule has 0 radical (unpaired) electrons. The van der Waals surface area contributed by atoms with Crippen molar-refractivity contribution in [3.63, 3.8) is 0 Å². The summed E-state index contributed by atoms with van der Waals surface area (Å²) >= 11 is 0. The average Bonchev–Trinajstić information content (AvgIpc) is 2.73. The molecule has 0 bridgehead atoms. The smallest absolute Gasteiger partial charge is 0.0911 e. The molecule has 3 nitrogen and oxygen atoms in total. The van der Waals surface area contributed by atoms with Gasteiger partial charge in [0.05, 0.1) is 13.2 Å². The Morgan fingerprint density at radius 1 is 1.44 bits per heavy atom. The molecule has 2 heterocycles. The fourth-order valence-corrected chi connectivity index (χ4v) is 1.76. The third kappa shape index (κ3) is 1.45. The molecular formula is C12H15N2ORf-. The predicted molar refractivity (Wildman–Crippen MR) is 60.1 cm³/mol. The van der Waals surface area contributed by atoms with Gasteiger partial charge in [-0.3, -0.25) is 4.68 Å². The Kier molecular flexibility index (Phi) is 3.14. The molecule has 1 aromatic heterocycles. The van der Waals surface area contributed by atoms with E-state index in [1.54, 1.807) is 0 Å². The minimum absolute atomic E-state index is 0. The zero-order valence-electron chi connectivity index (χ0n) is 10.1. The van der Waals surface area contributed by atoms with Crippen LogP contribution in [-0.4, -0.2) is 16.4 Å². The number of nitrogens with zero attached hydrogens (tertiary/aromatic N) is 2. The zero-order chi connectivity index (χ0) is 10.8. The van der Waals surface area contributed by atoms with Gasteiger partial charge in [-0.25, -0.2) is 0 Å². The Morgan fingerprint density at radius 3 is 2.94 bits per heavy atom. The van der Waals surface area contributed by atoms with Crippen LogP contribution in [-0.2, 0) is 6.54 Å². The Hall–Kier alpha value is -2.51. The maximum Gasteiger partial charge on any atom is 0.0911 e. The first kappa shape index (κ1) is 11.6. The summed E-state index contributed by atoms with van der Waals surface area (Å²) in [7, 11) is 0. The third-order valence-corrected chi connectivity index (χ3v) is 2.46. The fourth-order valence-electron chi connectivity index (χ4n) is 1.76. The van der Waals surface area contributed by atoms with E-state index < -0.39 is 0 Å². The molecular weight excluding hydrogens is 455 g/mol. The molecule has 1 aromatic carbocycles. The van der Waals surface area contributed by atoms with Gasteiger partial charge in [0, 0.05) is 17.5 Å². The van der Waals surface area contributed by atoms with Gasteiger partial charge in [-0.2, -0.15) is 16.7 Å². The van der Waals surface area contributed by atoms with E-state index >= 15 is 0 Å². The molecule has 0 N–H and O–H groups in total. The van der Waals surface area contributed by atoms with E-state index in [0.29, 0.717) is 6.61 Å². The summed E-state index contributed by atoms with van der Waals surface area (Å²) in [6.07, 6.45) is 1.89. The van der Waals surface area contributed by atoms with Gasteiger partial charge in [0.15, 0.2) is 0 Å². The largest absolute Gasteiger partial charge is 0.547 e. The fraction of sp³-hybridized carbons (Fsp3) is 0.417. The van der Waals surface area contributed by atoms with Gasteiger partial charge < -0.3 is 4.74 Å². The van der Waals surface area contributed by atoms with Crippen molar-refractivity contribution in [3.8, 4) is 5.75 Å². The van der Waals surface area contributed by atoms with Crippen LogP contribution in [0.2, 0.25) is 0 Å². The molecule has 0 spiro atoms. The molecule has 0 atom stereocenters. The van der Waals surface area contributed by atoms with Crippen LogP contribution < -0.4 is 4.74 Å². The number of benzene rings is 1. The van der Waals surface area contributed by atoms with Crippen LogP contribution in [0.15, 0.2) is 12.3 Å². The first-order chi connectivity index (χ1) is 7.36. The number of rotatable bonds is 0. The van der Waals surface area contributed by atoms with Gasteiger partial charge in [-0.15, -0.1) is 6.07 Å². The summed E-state index contributed by atoms with van der Waals surface area (Å²) in [5.74, 6) is 0.907. The van der Waals surface area contributed by atoms with Crippen LogP contribution in [0.5, 0.6) is 5.75 Å². The van der Waals surface area contributed by atoms with Crippen LogP contribution >= 0.6 is 0 Å².